The van der Waals surface area contributed by atoms with E-state index in [1.54, 1.807) is 105 Å². The van der Waals surface area contributed by atoms with Crippen LogP contribution < -0.4 is 45.1 Å². The molecule has 780 valence electrons. The molecular formula is C101H91Cl3F6N18O18S4. The Kier molecular flexibility index (Phi) is 36.4. The lowest BCUT2D eigenvalue weighted by Crippen LogP contribution is -2.40. The maximum Gasteiger partial charge on any atom is 0.416 e. The van der Waals surface area contributed by atoms with Gasteiger partial charge in [-0.05, 0) is 211 Å². The number of ketones is 1. The van der Waals surface area contributed by atoms with Crippen molar-refractivity contribution in [2.75, 3.05) is 85.1 Å². The summed E-state index contributed by atoms with van der Waals surface area (Å²) in [5.74, 6) is -2.92. The lowest BCUT2D eigenvalue weighted by molar-refractivity contribution is -0.137. The van der Waals surface area contributed by atoms with E-state index in [0.29, 0.717) is 140 Å². The molecule has 10 aromatic heterocycles. The summed E-state index contributed by atoms with van der Waals surface area (Å²) in [4.78, 5) is 111. The number of hydrogen-bond acceptors (Lipinski definition) is 28. The smallest absolute Gasteiger partial charge is 0.416 e. The third kappa shape index (κ3) is 28.8. The number of carbonyl (C=O) groups excluding carboxylic acids is 6. The summed E-state index contributed by atoms with van der Waals surface area (Å²) in [7, 11) is -11.8. The zero-order valence-electron chi connectivity index (χ0n) is 80.7. The minimum Gasteiger partial charge on any atom is -0.480 e. The summed E-state index contributed by atoms with van der Waals surface area (Å²) in [6.45, 7) is 10.4. The van der Waals surface area contributed by atoms with Crippen molar-refractivity contribution < 1.29 is 108 Å². The number of anilines is 6. The molecule has 0 radical (unpaired) electrons. The minimum atomic E-state index is -4.66. The number of pyridine rings is 10. The zero-order chi connectivity index (χ0) is 108. The summed E-state index contributed by atoms with van der Waals surface area (Å²) in [5, 5.41) is 9.55. The van der Waals surface area contributed by atoms with Gasteiger partial charge < -0.3 is 39.8 Å². The van der Waals surface area contributed by atoms with Gasteiger partial charge in [-0.3, -0.25) is 44.0 Å². The van der Waals surface area contributed by atoms with Gasteiger partial charge in [-0.15, -0.1) is 0 Å². The van der Waals surface area contributed by atoms with E-state index in [1.165, 1.54) is 132 Å². The largest absolute Gasteiger partial charge is 0.480 e. The van der Waals surface area contributed by atoms with Gasteiger partial charge in [0.15, 0.2) is 15.0 Å². The van der Waals surface area contributed by atoms with Crippen LogP contribution in [0.2, 0.25) is 15.3 Å². The number of carbonyl (C=O) groups is 6. The Morgan fingerprint density at radius 1 is 0.553 bits per heavy atom. The number of sulfonamides is 3. The van der Waals surface area contributed by atoms with Crippen LogP contribution in [0.1, 0.15) is 102 Å². The van der Waals surface area contributed by atoms with Crippen LogP contribution >= 0.6 is 34.8 Å². The number of Topliss-reactive ketones (excluding diaryl/α,β-unsaturated/α-hetero) is 1. The molecule has 49 heteroatoms. The van der Waals surface area contributed by atoms with Crippen molar-refractivity contribution in [3.8, 4) is 67.4 Å². The van der Waals surface area contributed by atoms with Crippen LogP contribution in [0.3, 0.4) is 0 Å². The summed E-state index contributed by atoms with van der Waals surface area (Å²) in [6.07, 6.45) is 13.4. The third-order valence-corrected chi connectivity index (χ3v) is 30.0. The van der Waals surface area contributed by atoms with Crippen molar-refractivity contribution in [1.82, 2.24) is 58.9 Å². The van der Waals surface area contributed by atoms with Gasteiger partial charge in [-0.25, -0.2) is 96.2 Å². The first-order valence-electron chi connectivity index (χ1n) is 44.9. The Morgan fingerprint density at radius 3 is 1.66 bits per heavy atom. The number of morpholine rings is 1. The maximum atomic E-state index is 14.6. The molecule has 36 nitrogen and oxygen atoms in total. The molecule has 1 saturated carbocycles. The van der Waals surface area contributed by atoms with Crippen molar-refractivity contribution in [3.05, 3.63) is 309 Å². The number of benzene rings is 4. The van der Waals surface area contributed by atoms with Crippen molar-refractivity contribution in [2.45, 2.75) is 104 Å². The van der Waals surface area contributed by atoms with Gasteiger partial charge in [-0.1, -0.05) is 71.2 Å². The van der Waals surface area contributed by atoms with Gasteiger partial charge in [0.25, 0.3) is 15.9 Å². The highest BCUT2D eigenvalue weighted by molar-refractivity contribution is 7.92. The highest BCUT2D eigenvalue weighted by Gasteiger charge is 2.36. The standard InChI is InChI=1S/C23H21ClFN3O3S.C21H16Cl2F3N3O3S.C21H18F2N4O3.C20H18N4O4S.C16H18N4O5S/c1-13(29)9-18-10-17(7-8-26-18)19-12-27-23(24)22(14(19)2)28-32(30,31)21-6-5-16(11-20(21)25)15-3-4-15;1-11-15(13-5-6-27-19(7-13)29-12(2)30)9-28-20(23)16(11)10-33(31,32)18-4-3-14(8-17(18)22)21(24,25)26;1-12(28)26-19-9-13(6-7-24-19)14-8-18(20(30-3)25-11-14)27(2)21(29)16-5-4-15(22)10-17(16)23;1-13(25)23-19-10-15(7-8-21-19)16-9-18-20(22-11-16)28-12-17(24-29(18,26)27)14-5-3-2-4-6-14;1-24-16(21)19-15-9-12(2-3-18-15)13-8-14(11-17-10-13)26(22,23)20-4-6-25-7-5-20/h5-8,10-12,15,28H,3-4,9H2,1-2H3;3-9H,10H2,1-2H3,(H,27,29,30);4-11H,1-3H3,(H,24,26,28);2-11,17,24H,12H2,1H3,(H,21,23,25);2-3,8-11H,4-7H2,1H3,(H,18,19,21)/t;;;17-;/m...1./s1. The number of hydrogen-bond donors (Lipinski definition) is 6. The Bertz CT molecular complexity index is 8000. The highest BCUT2D eigenvalue weighted by atomic mass is 35.5. The van der Waals surface area contributed by atoms with Gasteiger partial charge in [0.2, 0.25) is 49.5 Å². The number of nitrogens with one attached hydrogen (secondary N) is 6. The molecule has 1 saturated heterocycles. The second-order valence-corrected chi connectivity index (χ2v) is 41.7. The molecule has 1 atom stereocenters. The quantitative estimate of drug-likeness (QED) is 0.0242. The zero-order valence-corrected chi connectivity index (χ0v) is 86.2. The number of sulfone groups is 1. The van der Waals surface area contributed by atoms with Crippen LogP contribution in [0.15, 0.2) is 252 Å². The Hall–Kier alpha value is -15.3. The average molecular weight is 2190 g/mol. The van der Waals surface area contributed by atoms with Crippen molar-refractivity contribution in [1.29, 1.82) is 0 Å². The SMILES string of the molecule is CC(=O)Cc1cc(-c2cnc(Cl)c(NS(=O)(=O)c3ccc(C4CC4)cc3F)c2C)ccn1.CC(=O)Nc1cc(-c2cnc(Cl)c(CS(=O)(=O)c3ccc(C(F)(F)F)cc3Cl)c2C)ccn1.CC(=O)Nc1cc(-c2cnc3c(c2)S(=O)(=O)N[C@@H](c2ccccc2)CO3)ccn1.COC(=O)Nc1cc(-c2cncc(S(=O)(=O)N3CCOCC3)c2)ccn1.COc1ncc(-c2ccnc(NC(C)=O)c2)cc1N(C)C(=O)c1ccc(F)cc1F. The van der Waals surface area contributed by atoms with Crippen LogP contribution in [0, 0.1) is 31.3 Å². The molecule has 3 aliphatic rings. The molecule has 5 amide bonds. The van der Waals surface area contributed by atoms with E-state index in [1.807, 2.05) is 30.3 Å². The minimum absolute atomic E-state index is 0.0243. The van der Waals surface area contributed by atoms with E-state index in [0.717, 1.165) is 42.2 Å². The van der Waals surface area contributed by atoms with E-state index < -0.39 is 108 Å². The fraction of sp³-hybridized carbons (Fsp3) is 0.208. The average Bonchev–Trinajstić information content (AvgIpc) is 1.50. The van der Waals surface area contributed by atoms with Crippen LogP contribution in [-0.4, -0.2) is 177 Å². The number of amides is 5. The van der Waals surface area contributed by atoms with Gasteiger partial charge in [-0.2, -0.15) is 17.5 Å². The van der Waals surface area contributed by atoms with E-state index in [9.17, 15) is 88.8 Å². The van der Waals surface area contributed by atoms with Crippen molar-refractivity contribution >= 4 is 145 Å². The topological polar surface area (TPSA) is 483 Å². The second-order valence-electron chi connectivity index (χ2n) is 33.4. The fourth-order valence-corrected chi connectivity index (χ4v) is 21.6. The fourth-order valence-electron chi connectivity index (χ4n) is 15.0. The molecule has 4 aromatic carbocycles. The first-order chi connectivity index (χ1) is 71.2. The number of fused-ring (bicyclic) bond motifs is 1. The summed E-state index contributed by atoms with van der Waals surface area (Å²) in [6, 6.07) is 39.1. The monoisotopic (exact) mass is 2190 g/mol. The number of rotatable bonds is 24. The molecule has 17 rings (SSSR count). The van der Waals surface area contributed by atoms with Crippen LogP contribution in [0.25, 0.3) is 55.6 Å². The molecule has 2 aliphatic heterocycles. The lowest BCUT2D eigenvalue weighted by atomic mass is 10.0. The molecule has 150 heavy (non-hydrogen) atoms. The number of aromatic nitrogens is 10. The molecule has 2 fully saturated rings. The lowest BCUT2D eigenvalue weighted by Gasteiger charge is -2.26. The Labute approximate surface area is 871 Å². The maximum absolute atomic E-state index is 14.6. The van der Waals surface area contributed by atoms with Crippen LogP contribution in [-0.2, 0) is 86.9 Å². The van der Waals surface area contributed by atoms with Gasteiger partial charge in [0, 0.05) is 161 Å². The molecular weight excluding hydrogens is 2100 g/mol. The number of nitrogens with zero attached hydrogens (tertiary/aromatic N) is 12. The summed E-state index contributed by atoms with van der Waals surface area (Å²) in [5.41, 5.74) is 8.60. The number of halogens is 9. The second kappa shape index (κ2) is 48.8. The van der Waals surface area contributed by atoms with E-state index in [2.05, 4.69) is 85.3 Å². The molecule has 1 aliphatic carbocycles. The first kappa shape index (κ1) is 112. The summed E-state index contributed by atoms with van der Waals surface area (Å²) < 4.78 is 211. The first-order valence-corrected chi connectivity index (χ1v) is 52.1. The number of alkyl halides is 3. The van der Waals surface area contributed by atoms with Crippen molar-refractivity contribution in [2.24, 2.45) is 0 Å². The molecule has 14 aromatic rings. The van der Waals surface area contributed by atoms with E-state index in [4.69, 9.17) is 49.0 Å². The highest BCUT2D eigenvalue weighted by Crippen LogP contribution is 2.44. The summed E-state index contributed by atoms with van der Waals surface area (Å²) >= 11 is 18.3. The third-order valence-electron chi connectivity index (χ3n) is 22.6. The molecule has 6 N–H and O–H groups in total. The van der Waals surface area contributed by atoms with Gasteiger partial charge >= 0.3 is 12.3 Å². The van der Waals surface area contributed by atoms with Crippen LogP contribution in [0.5, 0.6) is 11.8 Å². The van der Waals surface area contributed by atoms with Crippen LogP contribution in [0.4, 0.5) is 65.8 Å². The molecule has 12 heterocycles. The normalized spacial score (nSPS) is 13.7. The van der Waals surface area contributed by atoms with Gasteiger partial charge in [0.1, 0.15) is 78.6 Å². The van der Waals surface area contributed by atoms with E-state index in [-0.39, 0.29) is 96.7 Å². The molecule has 0 unspecified atom stereocenters. The number of ether oxygens (including phenoxy) is 4. The molecule has 0 bridgehead atoms. The van der Waals surface area contributed by atoms with E-state index >= 15 is 0 Å². The van der Waals surface area contributed by atoms with Crippen molar-refractivity contribution in [3.63, 3.8) is 0 Å². The number of methoxy groups -OCH3 is 2. The predicted molar refractivity (Wildman–Crippen MR) is 547 cm³/mol. The van der Waals surface area contributed by atoms with Gasteiger partial charge in [0.05, 0.1) is 66.0 Å². The predicted octanol–water partition coefficient (Wildman–Crippen LogP) is 18.3. The Morgan fingerprint density at radius 2 is 1.10 bits per heavy atom. The Balaban J connectivity index is 0.000000157. The molecule has 0 spiro atoms.